The van der Waals surface area contributed by atoms with Crippen LogP contribution in [0.15, 0.2) is 90.1 Å². The summed E-state index contributed by atoms with van der Waals surface area (Å²) in [5.41, 5.74) is 3.38. The standard InChI is InChI=1S/C34H34N2O8S/c1-21-30(33(40)44-20-25-13-15-26(41-2)16-14-25)36-31(39)29(32(36)45-34(21)42-3)35-27(37)17-22-9-11-23(12-10-22)18-28(38)43-19-24-7-5-4-6-8-24/h4-16,29,32,34H,17-20H2,1-3H3,(H,35,37)/t29-,32-,34-/m0/s1. The Morgan fingerprint density at radius 2 is 1.40 bits per heavy atom. The Labute approximate surface area is 265 Å². The molecule has 0 spiro atoms. The van der Waals surface area contributed by atoms with Gasteiger partial charge in [-0.25, -0.2) is 4.79 Å². The monoisotopic (exact) mass is 630 g/mol. The third-order valence-corrected chi connectivity index (χ3v) is 9.06. The van der Waals surface area contributed by atoms with E-state index in [9.17, 15) is 19.2 Å². The van der Waals surface area contributed by atoms with Crippen molar-refractivity contribution in [3.05, 3.63) is 112 Å². The summed E-state index contributed by atoms with van der Waals surface area (Å²) in [5.74, 6) is -1.03. The number of hydrogen-bond donors (Lipinski definition) is 1. The zero-order valence-electron chi connectivity index (χ0n) is 25.2. The number of nitrogens with one attached hydrogen (secondary N) is 1. The van der Waals surface area contributed by atoms with Crippen LogP contribution >= 0.6 is 11.8 Å². The molecule has 2 aliphatic heterocycles. The summed E-state index contributed by atoms with van der Waals surface area (Å²) in [6.07, 6.45) is 0.155. The van der Waals surface area contributed by atoms with E-state index in [0.717, 1.165) is 22.3 Å². The number of β-lactam (4-membered cyclic amide) rings is 1. The zero-order chi connectivity index (χ0) is 31.9. The van der Waals surface area contributed by atoms with Gasteiger partial charge in [0, 0.05) is 7.11 Å². The first-order chi connectivity index (χ1) is 21.8. The van der Waals surface area contributed by atoms with Crippen LogP contribution in [0.25, 0.3) is 0 Å². The lowest BCUT2D eigenvalue weighted by molar-refractivity contribution is -0.153. The highest BCUT2D eigenvalue weighted by Gasteiger charge is 2.56. The van der Waals surface area contributed by atoms with Gasteiger partial charge in [-0.3, -0.25) is 19.3 Å². The van der Waals surface area contributed by atoms with Crippen molar-refractivity contribution in [3.63, 3.8) is 0 Å². The number of methoxy groups -OCH3 is 2. The van der Waals surface area contributed by atoms with Gasteiger partial charge in [0.25, 0.3) is 5.91 Å². The highest BCUT2D eigenvalue weighted by molar-refractivity contribution is 8.00. The number of thioether (sulfide) groups is 1. The Kier molecular flexibility index (Phi) is 10.2. The normalized spacial score (nSPS) is 18.9. The van der Waals surface area contributed by atoms with E-state index in [-0.39, 0.29) is 43.6 Å². The van der Waals surface area contributed by atoms with Crippen LogP contribution in [0.3, 0.4) is 0 Å². The molecule has 3 atom stereocenters. The quantitative estimate of drug-likeness (QED) is 0.235. The number of carbonyl (C=O) groups excluding carboxylic acids is 4. The molecule has 2 amide bonds. The van der Waals surface area contributed by atoms with Crippen molar-refractivity contribution in [2.45, 2.75) is 49.8 Å². The number of amides is 2. The van der Waals surface area contributed by atoms with Crippen LogP contribution in [-0.2, 0) is 59.4 Å². The third-order valence-electron chi connectivity index (χ3n) is 7.51. The predicted octanol–water partition coefficient (Wildman–Crippen LogP) is 3.91. The summed E-state index contributed by atoms with van der Waals surface area (Å²) in [6.45, 7) is 1.96. The summed E-state index contributed by atoms with van der Waals surface area (Å²) < 4.78 is 21.6. The second-order valence-corrected chi connectivity index (χ2v) is 11.8. The Balaban J connectivity index is 1.14. The summed E-state index contributed by atoms with van der Waals surface area (Å²) in [7, 11) is 3.10. The van der Waals surface area contributed by atoms with Gasteiger partial charge in [-0.2, -0.15) is 0 Å². The van der Waals surface area contributed by atoms with E-state index in [1.807, 2.05) is 30.3 Å². The van der Waals surface area contributed by atoms with Crippen molar-refractivity contribution in [1.82, 2.24) is 10.2 Å². The van der Waals surface area contributed by atoms with Gasteiger partial charge in [-0.05, 0) is 46.9 Å². The largest absolute Gasteiger partial charge is 0.497 e. The summed E-state index contributed by atoms with van der Waals surface area (Å²) in [5, 5.41) is 2.29. The lowest BCUT2D eigenvalue weighted by Crippen LogP contribution is -2.71. The molecule has 3 aromatic carbocycles. The number of nitrogens with zero attached hydrogens (tertiary/aromatic N) is 1. The van der Waals surface area contributed by atoms with Crippen molar-refractivity contribution in [2.24, 2.45) is 0 Å². The molecule has 1 saturated heterocycles. The molecule has 5 rings (SSSR count). The van der Waals surface area contributed by atoms with Crippen LogP contribution in [0.4, 0.5) is 0 Å². The first kappa shape index (κ1) is 31.8. The molecule has 1 fully saturated rings. The average Bonchev–Trinajstić information content (AvgIpc) is 3.06. The number of esters is 2. The van der Waals surface area contributed by atoms with Gasteiger partial charge in [0.2, 0.25) is 5.91 Å². The smallest absolute Gasteiger partial charge is 0.355 e. The second-order valence-electron chi connectivity index (χ2n) is 10.6. The molecule has 0 aromatic heterocycles. The van der Waals surface area contributed by atoms with Gasteiger partial charge in [0.1, 0.15) is 41.5 Å². The van der Waals surface area contributed by atoms with Crippen molar-refractivity contribution in [3.8, 4) is 5.75 Å². The number of rotatable bonds is 12. The van der Waals surface area contributed by atoms with Crippen molar-refractivity contribution >= 4 is 35.5 Å². The van der Waals surface area contributed by atoms with E-state index in [1.54, 1.807) is 62.6 Å². The molecule has 0 aliphatic carbocycles. The molecule has 45 heavy (non-hydrogen) atoms. The van der Waals surface area contributed by atoms with Gasteiger partial charge in [0.15, 0.2) is 0 Å². The molecule has 2 aliphatic rings. The maximum atomic E-state index is 13.2. The van der Waals surface area contributed by atoms with Crippen LogP contribution in [0.2, 0.25) is 0 Å². The van der Waals surface area contributed by atoms with E-state index in [0.29, 0.717) is 11.3 Å². The van der Waals surface area contributed by atoms with Crippen LogP contribution in [0.5, 0.6) is 5.75 Å². The topological polar surface area (TPSA) is 120 Å². The number of carbonyl (C=O) groups is 4. The van der Waals surface area contributed by atoms with E-state index < -0.39 is 28.7 Å². The minimum Gasteiger partial charge on any atom is -0.497 e. The SMILES string of the molecule is COc1ccc(COC(=O)C2=C(C)[C@@H](OC)S[C@H]3[C@@H](NC(=O)Cc4ccc(CC(=O)OCc5ccccc5)cc4)C(=O)N23)cc1. The molecule has 0 saturated carbocycles. The fourth-order valence-electron chi connectivity index (χ4n) is 5.08. The Bertz CT molecular complexity index is 1570. The van der Waals surface area contributed by atoms with Gasteiger partial charge in [-0.1, -0.05) is 78.5 Å². The van der Waals surface area contributed by atoms with Gasteiger partial charge >= 0.3 is 11.9 Å². The van der Waals surface area contributed by atoms with Crippen molar-refractivity contribution < 1.29 is 38.1 Å². The van der Waals surface area contributed by atoms with Crippen LogP contribution in [0, 0.1) is 0 Å². The molecule has 0 radical (unpaired) electrons. The number of hydrogen-bond acceptors (Lipinski definition) is 9. The summed E-state index contributed by atoms with van der Waals surface area (Å²) in [4.78, 5) is 53.0. The van der Waals surface area contributed by atoms with Gasteiger partial charge < -0.3 is 24.3 Å². The maximum absolute atomic E-state index is 13.2. The van der Waals surface area contributed by atoms with Crippen LogP contribution in [0.1, 0.15) is 29.2 Å². The molecule has 3 aromatic rings. The highest BCUT2D eigenvalue weighted by atomic mass is 32.2. The van der Waals surface area contributed by atoms with Crippen LogP contribution in [-0.4, -0.2) is 59.7 Å². The highest BCUT2D eigenvalue weighted by Crippen LogP contribution is 2.44. The zero-order valence-corrected chi connectivity index (χ0v) is 26.0. The molecule has 10 nitrogen and oxygen atoms in total. The fourth-order valence-corrected chi connectivity index (χ4v) is 6.43. The average molecular weight is 631 g/mol. The van der Waals surface area contributed by atoms with Crippen molar-refractivity contribution in [2.75, 3.05) is 14.2 Å². The summed E-state index contributed by atoms with van der Waals surface area (Å²) >= 11 is 1.34. The first-order valence-electron chi connectivity index (χ1n) is 14.4. The fraction of sp³-hybridized carbons (Fsp3) is 0.294. The third kappa shape index (κ3) is 7.55. The van der Waals surface area contributed by atoms with Crippen LogP contribution < -0.4 is 10.1 Å². The number of fused-ring (bicyclic) bond motifs is 1. The molecule has 234 valence electrons. The van der Waals surface area contributed by atoms with E-state index >= 15 is 0 Å². The molecular weight excluding hydrogens is 596 g/mol. The minimum atomic E-state index is -0.823. The second kappa shape index (κ2) is 14.4. The minimum absolute atomic E-state index is 0.0188. The maximum Gasteiger partial charge on any atom is 0.355 e. The Hall–Kier alpha value is -4.61. The van der Waals surface area contributed by atoms with Gasteiger partial charge in [-0.15, -0.1) is 0 Å². The summed E-state index contributed by atoms with van der Waals surface area (Å²) in [6, 6.07) is 22.9. The first-order valence-corrected chi connectivity index (χ1v) is 15.3. The van der Waals surface area contributed by atoms with E-state index in [1.165, 1.54) is 23.8 Å². The lowest BCUT2D eigenvalue weighted by Gasteiger charge is -2.51. The molecule has 0 unspecified atom stereocenters. The Morgan fingerprint density at radius 3 is 2.04 bits per heavy atom. The molecule has 2 heterocycles. The van der Waals surface area contributed by atoms with Gasteiger partial charge in [0.05, 0.1) is 20.0 Å². The molecule has 11 heteroatoms. The van der Waals surface area contributed by atoms with Crippen molar-refractivity contribution in [1.29, 1.82) is 0 Å². The number of benzene rings is 3. The van der Waals surface area contributed by atoms with E-state index in [4.69, 9.17) is 18.9 Å². The molecule has 0 bridgehead atoms. The molecular formula is C34H34N2O8S. The molecule has 1 N–H and O–H groups in total. The Morgan fingerprint density at radius 1 is 0.800 bits per heavy atom. The lowest BCUT2D eigenvalue weighted by atomic mass is 10.0. The predicted molar refractivity (Wildman–Crippen MR) is 167 cm³/mol. The van der Waals surface area contributed by atoms with E-state index in [2.05, 4.69) is 5.32 Å². The number of ether oxygens (including phenoxy) is 4.